The molecule has 3 rings (SSSR count). The van der Waals surface area contributed by atoms with Crippen LogP contribution in [0.2, 0.25) is 5.02 Å². The number of fused-ring (bicyclic) bond motifs is 1. The fraction of sp³-hybridized carbons (Fsp3) is 0.294. The maximum absolute atomic E-state index is 6.10. The molecule has 0 unspecified atom stereocenters. The van der Waals surface area contributed by atoms with Crippen molar-refractivity contribution in [2.24, 2.45) is 0 Å². The van der Waals surface area contributed by atoms with Crippen LogP contribution >= 0.6 is 11.6 Å². The number of halogens is 1. The summed E-state index contributed by atoms with van der Waals surface area (Å²) in [5.41, 5.74) is 3.84. The number of pyridine rings is 1. The smallest absolute Gasteiger partial charge is 0.163 e. The molecule has 0 radical (unpaired) electrons. The van der Waals surface area contributed by atoms with Crippen molar-refractivity contribution in [1.82, 2.24) is 14.8 Å². The van der Waals surface area contributed by atoms with Crippen molar-refractivity contribution in [3.63, 3.8) is 0 Å². The monoisotopic (exact) mass is 299 g/mol. The van der Waals surface area contributed by atoms with Crippen LogP contribution in [0.5, 0.6) is 0 Å². The maximum Gasteiger partial charge on any atom is 0.163 e. The molecule has 3 nitrogen and oxygen atoms in total. The number of nitrogens with zero attached hydrogens (tertiary/aromatic N) is 3. The van der Waals surface area contributed by atoms with Crippen molar-refractivity contribution < 1.29 is 0 Å². The first kappa shape index (κ1) is 14.1. The number of aromatic nitrogens is 3. The van der Waals surface area contributed by atoms with Crippen LogP contribution in [0.15, 0.2) is 36.4 Å². The Morgan fingerprint density at radius 3 is 2.52 bits per heavy atom. The van der Waals surface area contributed by atoms with Gasteiger partial charge in [-0.2, -0.15) is 5.10 Å². The van der Waals surface area contributed by atoms with E-state index in [1.54, 1.807) is 0 Å². The Morgan fingerprint density at radius 2 is 1.86 bits per heavy atom. The van der Waals surface area contributed by atoms with Crippen molar-refractivity contribution in [2.45, 2.75) is 33.1 Å². The number of hydrogen-bond acceptors (Lipinski definition) is 2. The molecule has 4 heteroatoms. The van der Waals surface area contributed by atoms with Crippen molar-refractivity contribution in [3.8, 4) is 5.69 Å². The lowest BCUT2D eigenvalue weighted by Crippen LogP contribution is -2.13. The average Bonchev–Trinajstić information content (AvgIpc) is 2.75. The largest absolute Gasteiger partial charge is 0.232 e. The molecule has 2 aromatic heterocycles. The highest BCUT2D eigenvalue weighted by molar-refractivity contribution is 6.30. The zero-order valence-electron chi connectivity index (χ0n) is 12.7. The summed E-state index contributed by atoms with van der Waals surface area (Å²) < 4.78 is 1.87. The van der Waals surface area contributed by atoms with Crippen LogP contribution in [0, 0.1) is 6.92 Å². The highest BCUT2D eigenvalue weighted by Gasteiger charge is 2.18. The standard InChI is InChI=1S/C17H18ClN3/c1-11-14-8-9-15(17(2,3)4)19-16(14)21(20-11)13-7-5-6-12(18)10-13/h5-10H,1-4H3. The number of rotatable bonds is 1. The third kappa shape index (κ3) is 2.54. The summed E-state index contributed by atoms with van der Waals surface area (Å²) >= 11 is 6.10. The molecule has 0 aliphatic rings. The van der Waals surface area contributed by atoms with E-state index in [4.69, 9.17) is 16.6 Å². The van der Waals surface area contributed by atoms with E-state index < -0.39 is 0 Å². The van der Waals surface area contributed by atoms with Crippen molar-refractivity contribution in [3.05, 3.63) is 52.8 Å². The minimum Gasteiger partial charge on any atom is -0.232 e. The molecule has 0 spiro atoms. The predicted octanol–water partition coefficient (Wildman–Crippen LogP) is 4.68. The Labute approximate surface area is 129 Å². The minimum atomic E-state index is 0.00548. The molecule has 0 amide bonds. The van der Waals surface area contributed by atoms with Crippen molar-refractivity contribution >= 4 is 22.6 Å². The van der Waals surface area contributed by atoms with E-state index in [0.717, 1.165) is 28.1 Å². The molecule has 0 fully saturated rings. The minimum absolute atomic E-state index is 0.00548. The average molecular weight is 300 g/mol. The van der Waals surface area contributed by atoms with Gasteiger partial charge >= 0.3 is 0 Å². The first-order chi connectivity index (χ1) is 9.86. The van der Waals surface area contributed by atoms with Gasteiger partial charge in [0.2, 0.25) is 0 Å². The van der Waals surface area contributed by atoms with Crippen LogP contribution < -0.4 is 0 Å². The first-order valence-corrected chi connectivity index (χ1v) is 7.37. The highest BCUT2D eigenvalue weighted by Crippen LogP contribution is 2.26. The molecule has 108 valence electrons. The summed E-state index contributed by atoms with van der Waals surface area (Å²) in [5, 5.41) is 6.39. The quantitative estimate of drug-likeness (QED) is 0.653. The number of hydrogen-bond donors (Lipinski definition) is 0. The maximum atomic E-state index is 6.10. The molecule has 0 bridgehead atoms. The summed E-state index contributed by atoms with van der Waals surface area (Å²) in [6, 6.07) is 11.9. The molecule has 0 N–H and O–H groups in total. The lowest BCUT2D eigenvalue weighted by atomic mass is 9.91. The Kier molecular flexibility index (Phi) is 3.25. The fourth-order valence-corrected chi connectivity index (χ4v) is 2.53. The molecular formula is C17H18ClN3. The Bertz CT molecular complexity index is 813. The van der Waals surface area contributed by atoms with E-state index in [1.807, 2.05) is 35.9 Å². The Hall–Kier alpha value is -1.87. The van der Waals surface area contributed by atoms with Crippen LogP contribution in [0.1, 0.15) is 32.2 Å². The third-order valence-corrected chi connectivity index (χ3v) is 3.77. The molecule has 1 aromatic carbocycles. The second-order valence-corrected chi connectivity index (χ2v) is 6.73. The van der Waals surface area contributed by atoms with E-state index in [2.05, 4.69) is 38.0 Å². The van der Waals surface area contributed by atoms with Gasteiger partial charge in [0.15, 0.2) is 5.65 Å². The van der Waals surface area contributed by atoms with E-state index in [0.29, 0.717) is 5.02 Å². The SMILES string of the molecule is Cc1nn(-c2cccc(Cl)c2)c2nc(C(C)(C)C)ccc12. The molecule has 2 heterocycles. The second-order valence-electron chi connectivity index (χ2n) is 6.29. The fourth-order valence-electron chi connectivity index (χ4n) is 2.35. The Morgan fingerprint density at radius 1 is 1.10 bits per heavy atom. The number of aryl methyl sites for hydroxylation is 1. The molecule has 3 aromatic rings. The molecule has 0 saturated carbocycles. The molecule has 21 heavy (non-hydrogen) atoms. The zero-order chi connectivity index (χ0) is 15.2. The summed E-state index contributed by atoms with van der Waals surface area (Å²) in [6.07, 6.45) is 0. The lowest BCUT2D eigenvalue weighted by molar-refractivity contribution is 0.570. The number of benzene rings is 1. The molecular weight excluding hydrogens is 282 g/mol. The van der Waals surface area contributed by atoms with Gasteiger partial charge in [-0.05, 0) is 37.3 Å². The van der Waals surface area contributed by atoms with Gasteiger partial charge in [0, 0.05) is 21.5 Å². The summed E-state index contributed by atoms with van der Waals surface area (Å²) in [7, 11) is 0. The summed E-state index contributed by atoms with van der Waals surface area (Å²) in [6.45, 7) is 8.48. The normalized spacial score (nSPS) is 12.0. The molecule has 0 atom stereocenters. The van der Waals surface area contributed by atoms with E-state index in [9.17, 15) is 0 Å². The topological polar surface area (TPSA) is 30.7 Å². The van der Waals surface area contributed by atoms with Crippen LogP contribution in [-0.2, 0) is 5.41 Å². The van der Waals surface area contributed by atoms with Gasteiger partial charge in [-0.25, -0.2) is 9.67 Å². The third-order valence-electron chi connectivity index (χ3n) is 3.54. The van der Waals surface area contributed by atoms with Crippen LogP contribution in [-0.4, -0.2) is 14.8 Å². The van der Waals surface area contributed by atoms with Crippen LogP contribution in [0.3, 0.4) is 0 Å². The van der Waals surface area contributed by atoms with E-state index in [1.165, 1.54) is 0 Å². The summed E-state index contributed by atoms with van der Waals surface area (Å²) in [4.78, 5) is 4.83. The molecule has 0 aliphatic heterocycles. The summed E-state index contributed by atoms with van der Waals surface area (Å²) in [5.74, 6) is 0. The van der Waals surface area contributed by atoms with Gasteiger partial charge in [0.05, 0.1) is 11.4 Å². The van der Waals surface area contributed by atoms with Crippen molar-refractivity contribution in [2.75, 3.05) is 0 Å². The van der Waals surface area contributed by atoms with Crippen LogP contribution in [0.25, 0.3) is 16.7 Å². The lowest BCUT2D eigenvalue weighted by Gasteiger charge is -2.17. The van der Waals surface area contributed by atoms with Gasteiger partial charge in [0.1, 0.15) is 0 Å². The van der Waals surface area contributed by atoms with Gasteiger partial charge in [-0.1, -0.05) is 38.4 Å². The van der Waals surface area contributed by atoms with E-state index in [-0.39, 0.29) is 5.41 Å². The zero-order valence-corrected chi connectivity index (χ0v) is 13.4. The van der Waals surface area contributed by atoms with Gasteiger partial charge in [-0.15, -0.1) is 0 Å². The van der Waals surface area contributed by atoms with Gasteiger partial charge in [-0.3, -0.25) is 0 Å². The van der Waals surface area contributed by atoms with Crippen molar-refractivity contribution in [1.29, 1.82) is 0 Å². The van der Waals surface area contributed by atoms with E-state index >= 15 is 0 Å². The second kappa shape index (κ2) is 4.85. The molecule has 0 aliphatic carbocycles. The molecule has 0 saturated heterocycles. The van der Waals surface area contributed by atoms with Gasteiger partial charge in [0.25, 0.3) is 0 Å². The first-order valence-electron chi connectivity index (χ1n) is 6.99. The predicted molar refractivity (Wildman–Crippen MR) is 87.3 cm³/mol. The Balaban J connectivity index is 2.28. The highest BCUT2D eigenvalue weighted by atomic mass is 35.5. The van der Waals surface area contributed by atoms with Crippen LogP contribution in [0.4, 0.5) is 0 Å². The van der Waals surface area contributed by atoms with Gasteiger partial charge < -0.3 is 0 Å².